The fourth-order valence-corrected chi connectivity index (χ4v) is 1.71. The van der Waals surface area contributed by atoms with E-state index >= 15 is 0 Å². The van der Waals surface area contributed by atoms with Crippen LogP contribution in [0.4, 0.5) is 5.69 Å². The summed E-state index contributed by atoms with van der Waals surface area (Å²) in [4.78, 5) is 32.7. The molecule has 0 spiro atoms. The molecular formula is C15H16N2O5. The Bertz CT molecular complexity index is 670. The molecule has 0 unspecified atom stereocenters. The molecule has 116 valence electrons. The monoisotopic (exact) mass is 304 g/mol. The topological polar surface area (TPSA) is 98.5 Å². The van der Waals surface area contributed by atoms with Crippen molar-refractivity contribution in [2.24, 2.45) is 0 Å². The second-order valence-electron chi connectivity index (χ2n) is 4.45. The third kappa shape index (κ3) is 4.59. The van der Waals surface area contributed by atoms with Gasteiger partial charge >= 0.3 is 5.97 Å². The predicted octanol–water partition coefficient (Wildman–Crippen LogP) is 1.57. The van der Waals surface area contributed by atoms with Gasteiger partial charge in [-0.25, -0.2) is 4.79 Å². The van der Waals surface area contributed by atoms with E-state index in [1.807, 2.05) is 0 Å². The van der Waals surface area contributed by atoms with Crippen LogP contribution in [0.5, 0.6) is 0 Å². The van der Waals surface area contributed by atoms with Crippen molar-refractivity contribution in [2.75, 3.05) is 13.7 Å². The number of nitrogens with one attached hydrogen (secondary N) is 1. The summed E-state index contributed by atoms with van der Waals surface area (Å²) in [7, 11) is 1.21. The number of benzene rings is 1. The molecule has 1 aromatic rings. The van der Waals surface area contributed by atoms with Crippen LogP contribution in [0.3, 0.4) is 0 Å². The lowest BCUT2D eigenvalue weighted by Gasteiger charge is -2.06. The van der Waals surface area contributed by atoms with Crippen molar-refractivity contribution in [3.05, 3.63) is 38.9 Å². The van der Waals surface area contributed by atoms with E-state index in [-0.39, 0.29) is 17.2 Å². The highest BCUT2D eigenvalue weighted by atomic mass is 16.6. The summed E-state index contributed by atoms with van der Waals surface area (Å²) in [6.07, 6.45) is 0.398. The predicted molar refractivity (Wildman–Crippen MR) is 79.4 cm³/mol. The molecule has 0 fully saturated rings. The highest BCUT2D eigenvalue weighted by molar-refractivity contribution is 5.92. The summed E-state index contributed by atoms with van der Waals surface area (Å²) in [5, 5.41) is 13.5. The summed E-state index contributed by atoms with van der Waals surface area (Å²) in [6.45, 7) is 3.44. The maximum absolute atomic E-state index is 11.7. The van der Waals surface area contributed by atoms with Gasteiger partial charge in [0.2, 0.25) is 5.91 Å². The molecule has 1 N–H and O–H groups in total. The number of amides is 1. The van der Waals surface area contributed by atoms with E-state index < -0.39 is 10.9 Å². The van der Waals surface area contributed by atoms with E-state index in [1.54, 1.807) is 6.92 Å². The second kappa shape index (κ2) is 7.78. The third-order valence-electron chi connectivity index (χ3n) is 2.86. The van der Waals surface area contributed by atoms with Crippen LogP contribution in [0, 0.1) is 28.9 Å². The standard InChI is InChI=1S/C15H16N2O5/c1-10-12(6-4-5-7-16-11(2)18)8-13(17(20)21)9-14(10)15(19)22-3/h8-9H,5,7H2,1-3H3,(H,16,18). The number of nitrogens with zero attached hydrogens (tertiary/aromatic N) is 1. The number of carbonyl (C=O) groups excluding carboxylic acids is 2. The Morgan fingerprint density at radius 1 is 1.41 bits per heavy atom. The molecule has 1 aromatic carbocycles. The number of rotatable bonds is 4. The quantitative estimate of drug-likeness (QED) is 0.299. The highest BCUT2D eigenvalue weighted by Gasteiger charge is 2.18. The van der Waals surface area contributed by atoms with Gasteiger partial charge in [-0.1, -0.05) is 11.8 Å². The van der Waals surface area contributed by atoms with Crippen molar-refractivity contribution in [1.82, 2.24) is 5.32 Å². The Morgan fingerprint density at radius 3 is 2.64 bits per heavy atom. The number of ether oxygens (including phenoxy) is 1. The first-order valence-electron chi connectivity index (χ1n) is 6.47. The fraction of sp³-hybridized carbons (Fsp3) is 0.333. The molecule has 22 heavy (non-hydrogen) atoms. The maximum atomic E-state index is 11.7. The Labute approximate surface area is 127 Å². The first kappa shape index (κ1) is 17.2. The molecular weight excluding hydrogens is 288 g/mol. The molecule has 7 heteroatoms. The van der Waals surface area contributed by atoms with Gasteiger partial charge in [-0.05, 0) is 12.5 Å². The van der Waals surface area contributed by atoms with Crippen molar-refractivity contribution in [3.8, 4) is 11.8 Å². The molecule has 0 saturated heterocycles. The summed E-state index contributed by atoms with van der Waals surface area (Å²) >= 11 is 0. The average molecular weight is 304 g/mol. The molecule has 0 aromatic heterocycles. The molecule has 0 aliphatic rings. The van der Waals surface area contributed by atoms with E-state index in [0.717, 1.165) is 0 Å². The summed E-state index contributed by atoms with van der Waals surface area (Å²) in [5.41, 5.74) is 0.793. The number of esters is 1. The van der Waals surface area contributed by atoms with Crippen molar-refractivity contribution in [3.63, 3.8) is 0 Å². The van der Waals surface area contributed by atoms with Gasteiger partial charge in [-0.2, -0.15) is 0 Å². The van der Waals surface area contributed by atoms with Crippen LogP contribution in [0.15, 0.2) is 12.1 Å². The molecule has 0 aliphatic heterocycles. The Morgan fingerprint density at radius 2 is 2.09 bits per heavy atom. The van der Waals surface area contributed by atoms with Gasteiger partial charge in [0, 0.05) is 37.6 Å². The maximum Gasteiger partial charge on any atom is 0.338 e. The van der Waals surface area contributed by atoms with Crippen LogP contribution in [0.2, 0.25) is 0 Å². The van der Waals surface area contributed by atoms with Crippen LogP contribution in [0.25, 0.3) is 0 Å². The van der Waals surface area contributed by atoms with Crippen molar-refractivity contribution < 1.29 is 19.2 Å². The van der Waals surface area contributed by atoms with Crippen molar-refractivity contribution in [2.45, 2.75) is 20.3 Å². The molecule has 1 amide bonds. The van der Waals surface area contributed by atoms with E-state index in [9.17, 15) is 19.7 Å². The highest BCUT2D eigenvalue weighted by Crippen LogP contribution is 2.22. The van der Waals surface area contributed by atoms with Crippen LogP contribution in [0.1, 0.15) is 34.8 Å². The Hall–Kier alpha value is -2.88. The van der Waals surface area contributed by atoms with Gasteiger partial charge in [0.25, 0.3) is 5.69 Å². The normalized spacial score (nSPS) is 9.41. The largest absolute Gasteiger partial charge is 0.465 e. The zero-order valence-corrected chi connectivity index (χ0v) is 12.6. The number of nitro groups is 1. The van der Waals surface area contributed by atoms with Gasteiger partial charge in [0.1, 0.15) is 0 Å². The molecule has 1 rings (SSSR count). The van der Waals surface area contributed by atoms with Crippen molar-refractivity contribution in [1.29, 1.82) is 0 Å². The number of methoxy groups -OCH3 is 1. The van der Waals surface area contributed by atoms with E-state index in [0.29, 0.717) is 24.1 Å². The van der Waals surface area contributed by atoms with Crippen LogP contribution < -0.4 is 5.32 Å². The number of nitro benzene ring substituents is 1. The second-order valence-corrected chi connectivity index (χ2v) is 4.45. The SMILES string of the molecule is COC(=O)c1cc([N+](=O)[O-])cc(C#CCCNC(C)=O)c1C. The molecule has 0 bridgehead atoms. The van der Waals surface area contributed by atoms with Crippen LogP contribution in [-0.4, -0.2) is 30.5 Å². The lowest BCUT2D eigenvalue weighted by molar-refractivity contribution is -0.384. The number of carbonyl (C=O) groups is 2. The van der Waals surface area contributed by atoms with E-state index in [1.165, 1.54) is 26.2 Å². The van der Waals surface area contributed by atoms with Gasteiger partial charge < -0.3 is 10.1 Å². The van der Waals surface area contributed by atoms with Gasteiger partial charge in [-0.15, -0.1) is 0 Å². The minimum atomic E-state index is -0.650. The first-order chi connectivity index (χ1) is 10.4. The molecule has 0 saturated carbocycles. The smallest absolute Gasteiger partial charge is 0.338 e. The lowest BCUT2D eigenvalue weighted by atomic mass is 10.0. The molecule has 0 radical (unpaired) electrons. The van der Waals surface area contributed by atoms with Gasteiger partial charge in [0.05, 0.1) is 17.6 Å². The number of non-ortho nitro benzene ring substituents is 1. The zero-order chi connectivity index (χ0) is 16.7. The average Bonchev–Trinajstić information content (AvgIpc) is 2.47. The Kier molecular flexibility index (Phi) is 6.08. The van der Waals surface area contributed by atoms with E-state index in [2.05, 4.69) is 21.9 Å². The lowest BCUT2D eigenvalue weighted by Crippen LogP contribution is -2.20. The summed E-state index contributed by atoms with van der Waals surface area (Å²) in [6, 6.07) is 2.48. The minimum absolute atomic E-state index is 0.114. The summed E-state index contributed by atoms with van der Waals surface area (Å²) in [5.74, 6) is 4.79. The number of hydrogen-bond donors (Lipinski definition) is 1. The molecule has 0 aliphatic carbocycles. The van der Waals surface area contributed by atoms with Gasteiger partial charge in [-0.3, -0.25) is 14.9 Å². The molecule has 0 atom stereocenters. The van der Waals surface area contributed by atoms with Gasteiger partial charge in [0.15, 0.2) is 0 Å². The third-order valence-corrected chi connectivity index (χ3v) is 2.86. The zero-order valence-electron chi connectivity index (χ0n) is 12.6. The number of hydrogen-bond acceptors (Lipinski definition) is 5. The van der Waals surface area contributed by atoms with E-state index in [4.69, 9.17) is 0 Å². The van der Waals surface area contributed by atoms with Crippen LogP contribution in [-0.2, 0) is 9.53 Å². The fourth-order valence-electron chi connectivity index (χ4n) is 1.71. The van der Waals surface area contributed by atoms with Crippen LogP contribution >= 0.6 is 0 Å². The first-order valence-corrected chi connectivity index (χ1v) is 6.47. The van der Waals surface area contributed by atoms with Crippen molar-refractivity contribution >= 4 is 17.6 Å². The summed E-state index contributed by atoms with van der Waals surface area (Å²) < 4.78 is 4.62. The Balaban J connectivity index is 3.10. The minimum Gasteiger partial charge on any atom is -0.465 e. The molecule has 7 nitrogen and oxygen atoms in total. The molecule has 0 heterocycles.